The number of rotatable bonds is 5. The highest BCUT2D eigenvalue weighted by atomic mass is 35.5. The number of nitrogens with zero attached hydrogens (tertiary/aromatic N) is 3. The van der Waals surface area contributed by atoms with Crippen LogP contribution >= 0.6 is 11.6 Å². The molecule has 1 saturated heterocycles. The zero-order valence-electron chi connectivity index (χ0n) is 18.0. The minimum atomic E-state index is -3.98. The maximum Gasteiger partial charge on any atom is 0.265 e. The summed E-state index contributed by atoms with van der Waals surface area (Å²) < 4.78 is 41.6. The van der Waals surface area contributed by atoms with Crippen LogP contribution in [0.3, 0.4) is 0 Å². The number of hydrogen-bond acceptors (Lipinski definition) is 4. The largest absolute Gasteiger partial charge is 0.366 e. The second-order valence-corrected chi connectivity index (χ2v) is 10.0. The molecule has 0 unspecified atom stereocenters. The van der Waals surface area contributed by atoms with E-state index in [0.29, 0.717) is 37.6 Å². The van der Waals surface area contributed by atoms with E-state index in [9.17, 15) is 17.6 Å². The van der Waals surface area contributed by atoms with Crippen LogP contribution in [0.25, 0.3) is 0 Å². The van der Waals surface area contributed by atoms with Crippen molar-refractivity contribution >= 4 is 38.9 Å². The van der Waals surface area contributed by atoms with Crippen molar-refractivity contribution < 1.29 is 17.6 Å². The molecule has 9 heteroatoms. The molecule has 1 aliphatic rings. The number of benzene rings is 3. The zero-order valence-corrected chi connectivity index (χ0v) is 19.6. The van der Waals surface area contributed by atoms with Crippen molar-refractivity contribution in [2.24, 2.45) is 0 Å². The Balaban J connectivity index is 1.53. The summed E-state index contributed by atoms with van der Waals surface area (Å²) in [5.74, 6) is -0.592. The van der Waals surface area contributed by atoms with Crippen molar-refractivity contribution in [3.63, 3.8) is 0 Å². The number of piperazine rings is 1. The van der Waals surface area contributed by atoms with Gasteiger partial charge in [0.05, 0.1) is 16.4 Å². The number of anilines is 2. The Labute approximate surface area is 197 Å². The minimum absolute atomic E-state index is 0.0405. The standard InChI is InChI=1S/C24H23ClFN3O3S/c1-27(19-7-3-2-4-8-19)33(31,32)23-17-18(11-12-20(23)25)24(30)29-15-13-28(14-16-29)22-10-6-5-9-21(22)26/h2-12,17H,13-16H2,1H3. The van der Waals surface area contributed by atoms with Crippen LogP contribution in [-0.4, -0.2) is 52.5 Å². The summed E-state index contributed by atoms with van der Waals surface area (Å²) in [6, 6.07) is 19.4. The van der Waals surface area contributed by atoms with Gasteiger partial charge in [0.1, 0.15) is 10.7 Å². The van der Waals surface area contributed by atoms with Gasteiger partial charge in [-0.2, -0.15) is 0 Å². The Morgan fingerprint density at radius 2 is 1.58 bits per heavy atom. The Hall–Kier alpha value is -3.10. The van der Waals surface area contributed by atoms with Gasteiger partial charge in [0.2, 0.25) is 0 Å². The van der Waals surface area contributed by atoms with E-state index in [0.717, 1.165) is 4.31 Å². The molecule has 0 N–H and O–H groups in total. The van der Waals surface area contributed by atoms with Gasteiger partial charge in [0.15, 0.2) is 0 Å². The van der Waals surface area contributed by atoms with E-state index in [1.165, 1.54) is 31.3 Å². The Morgan fingerprint density at radius 1 is 0.939 bits per heavy atom. The van der Waals surface area contributed by atoms with Gasteiger partial charge in [-0.3, -0.25) is 9.10 Å². The molecule has 172 valence electrons. The smallest absolute Gasteiger partial charge is 0.265 e. The molecule has 4 rings (SSSR count). The lowest BCUT2D eigenvalue weighted by molar-refractivity contribution is 0.0746. The van der Waals surface area contributed by atoms with E-state index in [2.05, 4.69) is 0 Å². The van der Waals surface area contributed by atoms with E-state index in [4.69, 9.17) is 11.6 Å². The van der Waals surface area contributed by atoms with Crippen molar-refractivity contribution in [2.75, 3.05) is 42.4 Å². The van der Waals surface area contributed by atoms with E-state index in [1.54, 1.807) is 53.4 Å². The fraction of sp³-hybridized carbons (Fsp3) is 0.208. The average molecular weight is 488 g/mol. The number of sulfonamides is 1. The summed E-state index contributed by atoms with van der Waals surface area (Å²) in [6.45, 7) is 1.73. The molecule has 3 aromatic rings. The summed E-state index contributed by atoms with van der Waals surface area (Å²) in [5.41, 5.74) is 1.22. The van der Waals surface area contributed by atoms with Gasteiger partial charge in [-0.25, -0.2) is 12.8 Å². The highest BCUT2D eigenvalue weighted by Gasteiger charge is 2.28. The predicted octanol–water partition coefficient (Wildman–Crippen LogP) is 4.27. The van der Waals surface area contributed by atoms with Gasteiger partial charge in [-0.15, -0.1) is 0 Å². The van der Waals surface area contributed by atoms with Gasteiger partial charge < -0.3 is 9.80 Å². The highest BCUT2D eigenvalue weighted by molar-refractivity contribution is 7.93. The normalized spacial score (nSPS) is 14.3. The number of carbonyl (C=O) groups excluding carboxylic acids is 1. The number of carbonyl (C=O) groups is 1. The SMILES string of the molecule is CN(c1ccccc1)S(=O)(=O)c1cc(C(=O)N2CCN(c3ccccc3F)CC2)ccc1Cl. The van der Waals surface area contributed by atoms with Crippen molar-refractivity contribution in [2.45, 2.75) is 4.90 Å². The first-order chi connectivity index (χ1) is 15.8. The third-order valence-electron chi connectivity index (χ3n) is 5.70. The van der Waals surface area contributed by atoms with E-state index in [1.807, 2.05) is 4.90 Å². The quantitative estimate of drug-likeness (QED) is 0.539. The van der Waals surface area contributed by atoms with E-state index < -0.39 is 10.0 Å². The fourth-order valence-corrected chi connectivity index (χ4v) is 5.49. The Bertz CT molecular complexity index is 1260. The van der Waals surface area contributed by atoms with Crippen LogP contribution < -0.4 is 9.21 Å². The molecule has 0 aliphatic carbocycles. The van der Waals surface area contributed by atoms with Crippen molar-refractivity contribution in [1.29, 1.82) is 0 Å². The monoisotopic (exact) mass is 487 g/mol. The molecular weight excluding hydrogens is 465 g/mol. The molecule has 1 amide bonds. The first-order valence-electron chi connectivity index (χ1n) is 10.4. The van der Waals surface area contributed by atoms with Crippen LogP contribution in [0.15, 0.2) is 77.7 Å². The van der Waals surface area contributed by atoms with Crippen LogP contribution in [0, 0.1) is 5.82 Å². The van der Waals surface area contributed by atoms with Gasteiger partial charge in [0.25, 0.3) is 15.9 Å². The molecule has 33 heavy (non-hydrogen) atoms. The molecule has 1 fully saturated rings. The van der Waals surface area contributed by atoms with Gasteiger partial charge >= 0.3 is 0 Å². The first kappa shape index (κ1) is 23.1. The number of amides is 1. The van der Waals surface area contributed by atoms with Crippen LogP contribution in [-0.2, 0) is 10.0 Å². The molecule has 0 aromatic heterocycles. The Kier molecular flexibility index (Phi) is 6.58. The van der Waals surface area contributed by atoms with E-state index >= 15 is 0 Å². The lowest BCUT2D eigenvalue weighted by Gasteiger charge is -2.36. The summed E-state index contributed by atoms with van der Waals surface area (Å²) in [5, 5.41) is 0.0405. The lowest BCUT2D eigenvalue weighted by Crippen LogP contribution is -2.49. The molecule has 0 saturated carbocycles. The fourth-order valence-electron chi connectivity index (χ4n) is 3.80. The van der Waals surface area contributed by atoms with Crippen LogP contribution in [0.4, 0.5) is 15.8 Å². The minimum Gasteiger partial charge on any atom is -0.366 e. The second kappa shape index (κ2) is 9.41. The maximum atomic E-state index is 14.1. The van der Waals surface area contributed by atoms with Gasteiger partial charge in [-0.1, -0.05) is 41.9 Å². The molecule has 0 atom stereocenters. The van der Waals surface area contributed by atoms with Gasteiger partial charge in [0, 0.05) is 38.8 Å². The third kappa shape index (κ3) is 4.67. The molecular formula is C24H23ClFN3O3S. The van der Waals surface area contributed by atoms with Crippen molar-refractivity contribution in [3.8, 4) is 0 Å². The molecule has 0 spiro atoms. The predicted molar refractivity (Wildman–Crippen MR) is 128 cm³/mol. The first-order valence-corrected chi connectivity index (χ1v) is 12.2. The summed E-state index contributed by atoms with van der Waals surface area (Å²) in [7, 11) is -2.54. The van der Waals surface area contributed by atoms with Crippen LogP contribution in [0.2, 0.25) is 5.02 Å². The average Bonchev–Trinajstić information content (AvgIpc) is 2.84. The number of halogens is 2. The molecule has 6 nitrogen and oxygen atoms in total. The summed E-state index contributed by atoms with van der Waals surface area (Å²) in [6.07, 6.45) is 0. The second-order valence-electron chi connectivity index (χ2n) is 7.68. The highest BCUT2D eigenvalue weighted by Crippen LogP contribution is 2.29. The number of para-hydroxylation sites is 2. The summed E-state index contributed by atoms with van der Waals surface area (Å²) in [4.78, 5) is 16.5. The molecule has 0 radical (unpaired) electrons. The maximum absolute atomic E-state index is 14.1. The van der Waals surface area contributed by atoms with E-state index in [-0.39, 0.29) is 27.2 Å². The van der Waals surface area contributed by atoms with Gasteiger partial charge in [-0.05, 0) is 42.5 Å². The zero-order chi connectivity index (χ0) is 23.6. The number of hydrogen-bond donors (Lipinski definition) is 0. The molecule has 0 bridgehead atoms. The van der Waals surface area contributed by atoms with Crippen LogP contribution in [0.5, 0.6) is 0 Å². The molecule has 3 aromatic carbocycles. The van der Waals surface area contributed by atoms with Crippen molar-refractivity contribution in [1.82, 2.24) is 4.90 Å². The lowest BCUT2D eigenvalue weighted by atomic mass is 10.1. The topological polar surface area (TPSA) is 60.9 Å². The Morgan fingerprint density at radius 3 is 2.24 bits per heavy atom. The third-order valence-corrected chi connectivity index (χ3v) is 7.96. The van der Waals surface area contributed by atoms with Crippen LogP contribution in [0.1, 0.15) is 10.4 Å². The molecule has 1 heterocycles. The van der Waals surface area contributed by atoms with Crippen molar-refractivity contribution in [3.05, 3.63) is 89.2 Å². The molecule has 1 aliphatic heterocycles. The summed E-state index contributed by atoms with van der Waals surface area (Å²) >= 11 is 6.23.